The summed E-state index contributed by atoms with van der Waals surface area (Å²) in [6.07, 6.45) is 0.327. The Hall–Kier alpha value is -5.67. The number of nitrogens with one attached hydrogen (secondary N) is 2. The maximum Gasteiger partial charge on any atom is 0.410 e. The van der Waals surface area contributed by atoms with Gasteiger partial charge in [-0.1, -0.05) is 0 Å². The third kappa shape index (κ3) is 9.01. The number of methoxy groups -OCH3 is 2. The van der Waals surface area contributed by atoms with E-state index < -0.39 is 59.2 Å². The zero-order valence-electron chi connectivity index (χ0n) is 31.1. The molecule has 0 unspecified atom stereocenters. The predicted molar refractivity (Wildman–Crippen MR) is 194 cm³/mol. The van der Waals surface area contributed by atoms with Crippen LogP contribution >= 0.6 is 0 Å². The molecule has 2 N–H and O–H groups in total. The smallest absolute Gasteiger partial charge is 0.410 e. The van der Waals surface area contributed by atoms with Gasteiger partial charge in [0.05, 0.1) is 37.2 Å². The van der Waals surface area contributed by atoms with Gasteiger partial charge in [0.1, 0.15) is 40.8 Å². The fraction of sp³-hybridized carbons (Fsp3) is 0.410. The molecule has 292 valence electrons. The van der Waals surface area contributed by atoms with Gasteiger partial charge in [0.2, 0.25) is 0 Å². The first-order valence-corrected chi connectivity index (χ1v) is 17.7. The molecule has 0 radical (unpaired) electrons. The SMILES string of the molecule is COc1ccc(CNc2ncc(-c3nc(-c4ccc(OCC(F)F)cc4)cc(C(=O)NC45CCC(CC4)N(C(=O)OC(C)(C)C)C5)c3F)nc2F)c(OC)c1. The van der Waals surface area contributed by atoms with Crippen LogP contribution in [-0.4, -0.2) is 82.8 Å². The minimum absolute atomic E-state index is 0.0405. The highest BCUT2D eigenvalue weighted by molar-refractivity contribution is 5.97. The maximum absolute atomic E-state index is 16.5. The van der Waals surface area contributed by atoms with E-state index in [9.17, 15) is 18.4 Å². The summed E-state index contributed by atoms with van der Waals surface area (Å²) in [4.78, 5) is 41.3. The van der Waals surface area contributed by atoms with E-state index in [-0.39, 0.29) is 42.1 Å². The molecule has 2 aliphatic heterocycles. The second-order valence-corrected chi connectivity index (χ2v) is 14.4. The molecule has 2 aromatic heterocycles. The van der Waals surface area contributed by atoms with Gasteiger partial charge in [-0.25, -0.2) is 32.9 Å². The van der Waals surface area contributed by atoms with Crippen LogP contribution in [-0.2, 0) is 11.3 Å². The maximum atomic E-state index is 16.5. The summed E-state index contributed by atoms with van der Waals surface area (Å²) in [5.74, 6) is -1.89. The summed E-state index contributed by atoms with van der Waals surface area (Å²) in [6, 6.07) is 12.3. The first-order chi connectivity index (χ1) is 26.2. The summed E-state index contributed by atoms with van der Waals surface area (Å²) in [6.45, 7) is 4.80. The number of hydrogen-bond acceptors (Lipinski definition) is 10. The molecule has 4 heterocycles. The average Bonchev–Trinajstić information content (AvgIpc) is 3.16. The Morgan fingerprint density at radius 2 is 1.67 bits per heavy atom. The molecule has 1 saturated carbocycles. The Labute approximate surface area is 315 Å². The van der Waals surface area contributed by atoms with Crippen molar-refractivity contribution < 1.29 is 46.1 Å². The number of pyridine rings is 1. The van der Waals surface area contributed by atoms with Gasteiger partial charge in [0.25, 0.3) is 18.3 Å². The Kier molecular flexibility index (Phi) is 11.3. The minimum atomic E-state index is -2.68. The zero-order valence-corrected chi connectivity index (χ0v) is 31.1. The molecule has 2 aromatic carbocycles. The number of ether oxygens (including phenoxy) is 4. The molecule has 0 atom stereocenters. The second-order valence-electron chi connectivity index (χ2n) is 14.4. The number of amides is 2. The molecule has 0 spiro atoms. The van der Waals surface area contributed by atoms with Crippen molar-refractivity contribution in [3.63, 3.8) is 0 Å². The Morgan fingerprint density at radius 1 is 0.964 bits per heavy atom. The van der Waals surface area contributed by atoms with Crippen molar-refractivity contribution in [1.82, 2.24) is 25.2 Å². The third-order valence-corrected chi connectivity index (χ3v) is 9.47. The Balaban J connectivity index is 1.31. The molecule has 1 aliphatic carbocycles. The third-order valence-electron chi connectivity index (χ3n) is 9.47. The van der Waals surface area contributed by atoms with E-state index in [1.807, 2.05) is 0 Å². The number of rotatable bonds is 12. The number of aromatic nitrogens is 3. The van der Waals surface area contributed by atoms with Crippen LogP contribution in [0.5, 0.6) is 17.2 Å². The number of hydrogen-bond donors (Lipinski definition) is 2. The largest absolute Gasteiger partial charge is 0.497 e. The number of anilines is 1. The van der Waals surface area contributed by atoms with Crippen LogP contribution in [0.1, 0.15) is 62.4 Å². The van der Waals surface area contributed by atoms with Crippen molar-refractivity contribution in [3.05, 3.63) is 77.6 Å². The van der Waals surface area contributed by atoms with Crippen LogP contribution in [0.25, 0.3) is 22.6 Å². The number of carbonyl (C=O) groups is 2. The molecular formula is C39H42F4N6O6. The lowest BCUT2D eigenvalue weighted by atomic mass is 9.73. The molecule has 3 aliphatic rings. The Bertz CT molecular complexity index is 2040. The van der Waals surface area contributed by atoms with E-state index in [1.165, 1.54) is 44.6 Å². The highest BCUT2D eigenvalue weighted by Gasteiger charge is 2.48. The van der Waals surface area contributed by atoms with Crippen molar-refractivity contribution in [3.8, 4) is 39.9 Å². The van der Waals surface area contributed by atoms with Gasteiger partial charge in [-0.2, -0.15) is 4.39 Å². The highest BCUT2D eigenvalue weighted by Crippen LogP contribution is 2.40. The van der Waals surface area contributed by atoms with Crippen LogP contribution < -0.4 is 24.8 Å². The molecule has 2 amide bonds. The standard InChI is InChI=1S/C39H42F4N6O6/c1-38(2,3)55-37(51)49-21-39(14-12-24(49)13-15-39)48-36(50)27-17-28(22-6-9-25(10-7-22)54-20-31(40)41)46-33(32(27)42)29-19-45-35(34(43)47-29)44-18-23-8-11-26(52-4)16-30(23)53-5/h6-11,16-17,19,24,31H,12-15,18,20-21H2,1-5H3,(H,44,45)(H,48,50). The minimum Gasteiger partial charge on any atom is -0.497 e. The fourth-order valence-electron chi connectivity index (χ4n) is 6.76. The number of fused-ring (bicyclic) bond motifs is 3. The zero-order chi connectivity index (χ0) is 39.5. The first-order valence-electron chi connectivity index (χ1n) is 17.7. The predicted octanol–water partition coefficient (Wildman–Crippen LogP) is 7.42. The summed E-state index contributed by atoms with van der Waals surface area (Å²) < 4.78 is 78.8. The van der Waals surface area contributed by atoms with Gasteiger partial charge in [-0.05, 0) is 88.9 Å². The average molecular weight is 767 g/mol. The number of nitrogens with zero attached hydrogens (tertiary/aromatic N) is 4. The summed E-state index contributed by atoms with van der Waals surface area (Å²) in [7, 11) is 3.01. The highest BCUT2D eigenvalue weighted by atomic mass is 19.3. The van der Waals surface area contributed by atoms with Crippen molar-refractivity contribution in [1.29, 1.82) is 0 Å². The van der Waals surface area contributed by atoms with Crippen LogP contribution in [0.4, 0.5) is 28.2 Å². The lowest BCUT2D eigenvalue weighted by Gasteiger charge is -2.52. The lowest BCUT2D eigenvalue weighted by molar-refractivity contribution is -0.0254. The van der Waals surface area contributed by atoms with E-state index in [0.717, 1.165) is 6.20 Å². The number of benzene rings is 2. The number of halogens is 4. The van der Waals surface area contributed by atoms with E-state index in [0.29, 0.717) is 48.3 Å². The van der Waals surface area contributed by atoms with Gasteiger partial charge >= 0.3 is 6.09 Å². The van der Waals surface area contributed by atoms with Crippen molar-refractivity contribution >= 4 is 17.8 Å². The van der Waals surface area contributed by atoms with Crippen LogP contribution in [0, 0.1) is 11.8 Å². The molecule has 4 aromatic rings. The number of piperidine rings is 2. The van der Waals surface area contributed by atoms with Gasteiger partial charge in [0.15, 0.2) is 11.6 Å². The van der Waals surface area contributed by atoms with E-state index in [2.05, 4.69) is 25.6 Å². The first kappa shape index (κ1) is 39.0. The summed E-state index contributed by atoms with van der Waals surface area (Å²) in [5, 5.41) is 5.87. The van der Waals surface area contributed by atoms with Gasteiger partial charge in [0, 0.05) is 36.3 Å². The topological polar surface area (TPSA) is 137 Å². The monoisotopic (exact) mass is 766 g/mol. The molecule has 7 rings (SSSR count). The fourth-order valence-corrected chi connectivity index (χ4v) is 6.76. The second kappa shape index (κ2) is 16.0. The molecule has 16 heteroatoms. The van der Waals surface area contributed by atoms with E-state index in [4.69, 9.17) is 18.9 Å². The normalized spacial score (nSPS) is 17.9. The summed E-state index contributed by atoms with van der Waals surface area (Å²) >= 11 is 0. The summed E-state index contributed by atoms with van der Waals surface area (Å²) in [5.41, 5.74) is -1.54. The number of carbonyl (C=O) groups excluding carboxylic acids is 2. The number of alkyl halides is 2. The molecular weight excluding hydrogens is 724 g/mol. The van der Waals surface area contributed by atoms with Crippen LogP contribution in [0.2, 0.25) is 0 Å². The van der Waals surface area contributed by atoms with Crippen molar-refractivity contribution in [2.75, 3.05) is 32.7 Å². The molecule has 55 heavy (non-hydrogen) atoms. The quantitative estimate of drug-likeness (QED) is 0.140. The molecule has 12 nitrogen and oxygen atoms in total. The van der Waals surface area contributed by atoms with E-state index in [1.54, 1.807) is 43.9 Å². The van der Waals surface area contributed by atoms with Gasteiger partial charge < -0.3 is 34.5 Å². The van der Waals surface area contributed by atoms with Crippen molar-refractivity contribution in [2.24, 2.45) is 0 Å². The molecule has 3 fully saturated rings. The van der Waals surface area contributed by atoms with Crippen molar-refractivity contribution in [2.45, 2.75) is 76.6 Å². The Morgan fingerprint density at radius 3 is 2.31 bits per heavy atom. The lowest BCUT2D eigenvalue weighted by Crippen LogP contribution is -2.66. The van der Waals surface area contributed by atoms with Crippen LogP contribution in [0.15, 0.2) is 54.7 Å². The molecule has 2 saturated heterocycles. The molecule has 2 bridgehead atoms. The van der Waals surface area contributed by atoms with Gasteiger partial charge in [-0.15, -0.1) is 0 Å². The van der Waals surface area contributed by atoms with E-state index >= 15 is 8.78 Å². The van der Waals surface area contributed by atoms with Gasteiger partial charge in [-0.3, -0.25) is 4.79 Å². The van der Waals surface area contributed by atoms with Crippen LogP contribution in [0.3, 0.4) is 0 Å².